The molecule has 0 amide bonds. The van der Waals surface area contributed by atoms with Crippen molar-refractivity contribution in [3.05, 3.63) is 66.5 Å². The van der Waals surface area contributed by atoms with Gasteiger partial charge in [-0.2, -0.15) is 4.98 Å². The zero-order valence-corrected chi connectivity index (χ0v) is 16.1. The maximum absolute atomic E-state index is 5.71. The summed E-state index contributed by atoms with van der Waals surface area (Å²) in [6.45, 7) is 2.24. The molecular formula is C20H18N6OS. The number of nitrogens with zero attached hydrogens (tertiary/aromatic N) is 5. The second-order valence-electron chi connectivity index (χ2n) is 5.81. The Hall–Kier alpha value is -3.26. The Bertz CT molecular complexity index is 1040. The van der Waals surface area contributed by atoms with E-state index in [-0.39, 0.29) is 12.6 Å². The average Bonchev–Trinajstić information content (AvgIpc) is 3.21. The summed E-state index contributed by atoms with van der Waals surface area (Å²) >= 11 is 1.56. The summed E-state index contributed by atoms with van der Waals surface area (Å²) in [7, 11) is 0. The van der Waals surface area contributed by atoms with Gasteiger partial charge in [-0.3, -0.25) is 5.10 Å². The van der Waals surface area contributed by atoms with Gasteiger partial charge in [-0.15, -0.1) is 10.2 Å². The summed E-state index contributed by atoms with van der Waals surface area (Å²) < 4.78 is 5.71. The van der Waals surface area contributed by atoms with Gasteiger partial charge in [-0.05, 0) is 5.75 Å². The van der Waals surface area contributed by atoms with Gasteiger partial charge in [0.15, 0.2) is 12.4 Å². The van der Waals surface area contributed by atoms with E-state index in [0.29, 0.717) is 16.7 Å². The van der Waals surface area contributed by atoms with Gasteiger partial charge >= 0.3 is 6.01 Å². The van der Waals surface area contributed by atoms with Crippen molar-refractivity contribution in [3.8, 4) is 28.5 Å². The zero-order chi connectivity index (χ0) is 19.2. The van der Waals surface area contributed by atoms with E-state index in [4.69, 9.17) is 4.74 Å². The molecule has 8 heteroatoms. The molecule has 0 radical (unpaired) electrons. The third kappa shape index (κ3) is 4.17. The molecule has 0 aliphatic heterocycles. The Morgan fingerprint density at radius 2 is 1.54 bits per heavy atom. The van der Waals surface area contributed by atoms with E-state index in [0.717, 1.165) is 22.6 Å². The van der Waals surface area contributed by atoms with Crippen LogP contribution in [0.15, 0.2) is 65.8 Å². The van der Waals surface area contributed by atoms with Crippen molar-refractivity contribution in [1.29, 1.82) is 0 Å². The van der Waals surface area contributed by atoms with E-state index in [1.54, 1.807) is 11.8 Å². The van der Waals surface area contributed by atoms with E-state index < -0.39 is 0 Å². The fourth-order valence-electron chi connectivity index (χ4n) is 2.63. The Balaban J connectivity index is 1.62. The van der Waals surface area contributed by atoms with E-state index in [9.17, 15) is 0 Å². The molecule has 28 heavy (non-hydrogen) atoms. The third-order valence-electron chi connectivity index (χ3n) is 3.88. The van der Waals surface area contributed by atoms with Gasteiger partial charge in [0.2, 0.25) is 5.16 Å². The predicted molar refractivity (Wildman–Crippen MR) is 108 cm³/mol. The number of nitrogens with one attached hydrogen (secondary N) is 1. The van der Waals surface area contributed by atoms with Crippen LogP contribution in [0.3, 0.4) is 0 Å². The Morgan fingerprint density at radius 3 is 2.21 bits per heavy atom. The summed E-state index contributed by atoms with van der Waals surface area (Å²) in [4.78, 5) is 8.97. The zero-order valence-electron chi connectivity index (χ0n) is 15.2. The standard InChI is InChI=1S/C20H18N6OS/c1-2-28-20-21-16(23-26-20)13-27-19-22-17(14-9-5-3-6-10-14)18(24-25-19)15-11-7-4-8-12-15/h3-12H,2,13H2,1H3,(H,21,23,26). The molecule has 140 valence electrons. The molecule has 0 fully saturated rings. The van der Waals surface area contributed by atoms with Crippen molar-refractivity contribution >= 4 is 11.8 Å². The Labute approximate surface area is 166 Å². The number of ether oxygens (including phenoxy) is 1. The number of hydrogen-bond donors (Lipinski definition) is 1. The number of thioether (sulfide) groups is 1. The highest BCUT2D eigenvalue weighted by molar-refractivity contribution is 7.99. The first-order valence-corrected chi connectivity index (χ1v) is 9.84. The van der Waals surface area contributed by atoms with Crippen molar-refractivity contribution < 1.29 is 4.74 Å². The highest BCUT2D eigenvalue weighted by atomic mass is 32.2. The molecule has 0 bridgehead atoms. The molecule has 0 aliphatic carbocycles. The summed E-state index contributed by atoms with van der Waals surface area (Å²) in [6, 6.07) is 19.9. The predicted octanol–water partition coefficient (Wildman–Crippen LogP) is 4.01. The lowest BCUT2D eigenvalue weighted by atomic mass is 10.0. The summed E-state index contributed by atoms with van der Waals surface area (Å²) in [5.74, 6) is 1.53. The van der Waals surface area contributed by atoms with Crippen LogP contribution in [0.4, 0.5) is 0 Å². The van der Waals surface area contributed by atoms with E-state index in [2.05, 4.69) is 37.3 Å². The molecule has 0 unspecified atom stereocenters. The second-order valence-corrected chi connectivity index (χ2v) is 7.04. The van der Waals surface area contributed by atoms with Gasteiger partial charge in [-0.25, -0.2) is 4.98 Å². The highest BCUT2D eigenvalue weighted by Gasteiger charge is 2.14. The molecule has 0 atom stereocenters. The molecule has 0 saturated carbocycles. The monoisotopic (exact) mass is 390 g/mol. The molecule has 0 saturated heterocycles. The molecule has 2 heterocycles. The van der Waals surface area contributed by atoms with Crippen LogP contribution >= 0.6 is 11.8 Å². The van der Waals surface area contributed by atoms with Gasteiger partial charge in [0.25, 0.3) is 0 Å². The van der Waals surface area contributed by atoms with Crippen molar-refractivity contribution in [1.82, 2.24) is 30.4 Å². The summed E-state index contributed by atoms with van der Waals surface area (Å²) in [6.07, 6.45) is 0. The number of rotatable bonds is 7. The van der Waals surface area contributed by atoms with E-state index in [1.165, 1.54) is 0 Å². The molecule has 0 aliphatic rings. The number of aromatic nitrogens is 6. The Kier molecular flexibility index (Phi) is 5.58. The van der Waals surface area contributed by atoms with Crippen molar-refractivity contribution in [3.63, 3.8) is 0 Å². The third-order valence-corrected chi connectivity index (χ3v) is 4.61. The number of benzene rings is 2. The topological polar surface area (TPSA) is 89.5 Å². The van der Waals surface area contributed by atoms with Gasteiger partial charge in [0.1, 0.15) is 11.4 Å². The minimum absolute atomic E-state index is 0.192. The highest BCUT2D eigenvalue weighted by Crippen LogP contribution is 2.29. The molecular weight excluding hydrogens is 372 g/mol. The first-order valence-electron chi connectivity index (χ1n) is 8.86. The minimum Gasteiger partial charge on any atom is -0.454 e. The van der Waals surface area contributed by atoms with Gasteiger partial charge in [0.05, 0.1) is 0 Å². The lowest BCUT2D eigenvalue weighted by Gasteiger charge is -2.09. The van der Waals surface area contributed by atoms with Crippen LogP contribution in [0.5, 0.6) is 6.01 Å². The van der Waals surface area contributed by atoms with Gasteiger partial charge in [-0.1, -0.05) is 84.4 Å². The maximum atomic E-state index is 5.71. The van der Waals surface area contributed by atoms with Gasteiger partial charge in [0, 0.05) is 11.1 Å². The molecule has 4 rings (SSSR count). The SMILES string of the molecule is CCSc1n[nH]c(COc2nnc(-c3ccccc3)c(-c3ccccc3)n2)n1. The maximum Gasteiger partial charge on any atom is 0.336 e. The first-order chi connectivity index (χ1) is 13.8. The normalized spacial score (nSPS) is 10.8. The lowest BCUT2D eigenvalue weighted by Crippen LogP contribution is -2.05. The lowest BCUT2D eigenvalue weighted by molar-refractivity contribution is 0.268. The van der Waals surface area contributed by atoms with Crippen molar-refractivity contribution in [2.45, 2.75) is 18.7 Å². The smallest absolute Gasteiger partial charge is 0.336 e. The number of aromatic amines is 1. The number of hydrogen-bond acceptors (Lipinski definition) is 7. The summed E-state index contributed by atoms with van der Waals surface area (Å²) in [5.41, 5.74) is 3.32. The second kappa shape index (κ2) is 8.62. The van der Waals surface area contributed by atoms with Crippen LogP contribution in [0.2, 0.25) is 0 Å². The van der Waals surface area contributed by atoms with Crippen molar-refractivity contribution in [2.75, 3.05) is 5.75 Å². The summed E-state index contributed by atoms with van der Waals surface area (Å²) in [5, 5.41) is 16.2. The average molecular weight is 390 g/mol. The van der Waals surface area contributed by atoms with Crippen molar-refractivity contribution in [2.24, 2.45) is 0 Å². The molecule has 2 aromatic heterocycles. The van der Waals surface area contributed by atoms with Gasteiger partial charge < -0.3 is 4.74 Å². The quantitative estimate of drug-likeness (QED) is 0.477. The van der Waals surface area contributed by atoms with Crippen LogP contribution in [0.25, 0.3) is 22.5 Å². The minimum atomic E-state index is 0.192. The van der Waals surface area contributed by atoms with Crippen LogP contribution in [0.1, 0.15) is 12.7 Å². The Morgan fingerprint density at radius 1 is 0.857 bits per heavy atom. The molecule has 7 nitrogen and oxygen atoms in total. The largest absolute Gasteiger partial charge is 0.454 e. The fraction of sp³-hybridized carbons (Fsp3) is 0.150. The van der Waals surface area contributed by atoms with Crippen LogP contribution < -0.4 is 4.74 Å². The number of H-pyrrole nitrogens is 1. The van der Waals surface area contributed by atoms with E-state index >= 15 is 0 Å². The van der Waals surface area contributed by atoms with Crippen LogP contribution in [0, 0.1) is 0 Å². The fourth-order valence-corrected chi connectivity index (χ4v) is 3.17. The van der Waals surface area contributed by atoms with Crippen LogP contribution in [-0.2, 0) is 6.61 Å². The molecule has 1 N–H and O–H groups in total. The van der Waals surface area contributed by atoms with Crippen LogP contribution in [-0.4, -0.2) is 36.1 Å². The molecule has 4 aromatic rings. The molecule has 0 spiro atoms. The molecule has 2 aromatic carbocycles. The van der Waals surface area contributed by atoms with E-state index in [1.807, 2.05) is 60.7 Å². The first kappa shape index (κ1) is 18.1.